The first kappa shape index (κ1) is 13.6. The Hall–Kier alpha value is -1.86. The third kappa shape index (κ3) is 2.77. The molecule has 1 aromatic rings. The first-order chi connectivity index (χ1) is 9.17. The van der Waals surface area contributed by atoms with Gasteiger partial charge in [-0.2, -0.15) is 0 Å². The van der Waals surface area contributed by atoms with Gasteiger partial charge in [0.1, 0.15) is 5.82 Å². The molecule has 1 fully saturated rings. The van der Waals surface area contributed by atoms with Gasteiger partial charge in [-0.3, -0.25) is 0 Å². The third-order valence-electron chi connectivity index (χ3n) is 3.15. The Morgan fingerprint density at radius 2 is 2.47 bits per heavy atom. The van der Waals surface area contributed by atoms with Gasteiger partial charge < -0.3 is 25.7 Å². The SMILES string of the molecule is CC1COC(CO)CN1c1ncccc1/C(N)=N/O. The Kier molecular flexibility index (Phi) is 4.18. The number of oxime groups is 1. The number of aliphatic hydroxyl groups excluding tert-OH is 1. The van der Waals surface area contributed by atoms with Gasteiger partial charge in [0, 0.05) is 12.7 Å². The molecular weight excluding hydrogens is 248 g/mol. The zero-order valence-electron chi connectivity index (χ0n) is 10.7. The highest BCUT2D eigenvalue weighted by atomic mass is 16.5. The maximum absolute atomic E-state index is 9.21. The second-order valence-corrected chi connectivity index (χ2v) is 4.50. The van der Waals surface area contributed by atoms with E-state index in [1.807, 2.05) is 11.8 Å². The number of rotatable bonds is 3. The Labute approximate surface area is 111 Å². The molecule has 1 aliphatic heterocycles. The van der Waals surface area contributed by atoms with Crippen molar-refractivity contribution in [2.45, 2.75) is 19.1 Å². The standard InChI is InChI=1S/C12H18N4O3/c1-8-7-19-9(6-17)5-16(8)12-10(11(13)15-18)3-2-4-14-12/h2-4,8-9,17-18H,5-7H2,1H3,(H2,13,15). The highest BCUT2D eigenvalue weighted by molar-refractivity contribution is 6.01. The molecule has 19 heavy (non-hydrogen) atoms. The van der Waals surface area contributed by atoms with Gasteiger partial charge in [0.15, 0.2) is 5.84 Å². The molecule has 2 atom stereocenters. The highest BCUT2D eigenvalue weighted by Gasteiger charge is 2.28. The van der Waals surface area contributed by atoms with Crippen molar-refractivity contribution in [2.75, 3.05) is 24.7 Å². The highest BCUT2D eigenvalue weighted by Crippen LogP contribution is 2.23. The number of nitrogens with two attached hydrogens (primary N) is 1. The average molecular weight is 266 g/mol. The minimum absolute atomic E-state index is 0.0161. The molecule has 2 unspecified atom stereocenters. The predicted octanol–water partition coefficient (Wildman–Crippen LogP) is -0.238. The maximum atomic E-state index is 9.21. The number of aliphatic hydroxyl groups is 1. The summed E-state index contributed by atoms with van der Waals surface area (Å²) in [5.41, 5.74) is 6.23. The molecule has 2 rings (SSSR count). The van der Waals surface area contributed by atoms with Crippen LogP contribution in [-0.4, -0.2) is 53.0 Å². The van der Waals surface area contributed by atoms with E-state index >= 15 is 0 Å². The van der Waals surface area contributed by atoms with E-state index in [0.717, 1.165) is 0 Å². The number of morpholine rings is 1. The van der Waals surface area contributed by atoms with E-state index in [0.29, 0.717) is 24.5 Å². The lowest BCUT2D eigenvalue weighted by molar-refractivity contribution is -0.0105. The third-order valence-corrected chi connectivity index (χ3v) is 3.15. The maximum Gasteiger partial charge on any atom is 0.173 e. The number of nitrogens with zero attached hydrogens (tertiary/aromatic N) is 3. The van der Waals surface area contributed by atoms with Gasteiger partial charge >= 0.3 is 0 Å². The fraction of sp³-hybridized carbons (Fsp3) is 0.500. The summed E-state index contributed by atoms with van der Waals surface area (Å²) in [6, 6.07) is 3.57. The van der Waals surface area contributed by atoms with Crippen LogP contribution in [0.1, 0.15) is 12.5 Å². The van der Waals surface area contributed by atoms with Crippen molar-refractivity contribution >= 4 is 11.7 Å². The predicted molar refractivity (Wildman–Crippen MR) is 70.4 cm³/mol. The van der Waals surface area contributed by atoms with Gasteiger partial charge in [0.2, 0.25) is 0 Å². The first-order valence-electron chi connectivity index (χ1n) is 6.09. The molecule has 1 saturated heterocycles. The lowest BCUT2D eigenvalue weighted by Crippen LogP contribution is -2.50. The zero-order valence-corrected chi connectivity index (χ0v) is 10.7. The van der Waals surface area contributed by atoms with Crippen LogP contribution in [0.25, 0.3) is 0 Å². The Morgan fingerprint density at radius 3 is 3.16 bits per heavy atom. The van der Waals surface area contributed by atoms with E-state index < -0.39 is 0 Å². The van der Waals surface area contributed by atoms with Gasteiger partial charge in [-0.25, -0.2) is 4.98 Å². The topological polar surface area (TPSA) is 104 Å². The molecule has 7 nitrogen and oxygen atoms in total. The summed E-state index contributed by atoms with van der Waals surface area (Å²) < 4.78 is 5.49. The molecule has 4 N–H and O–H groups in total. The van der Waals surface area contributed by atoms with Crippen LogP contribution in [0.15, 0.2) is 23.5 Å². The molecule has 2 heterocycles. The fourth-order valence-corrected chi connectivity index (χ4v) is 2.10. The summed E-state index contributed by atoms with van der Waals surface area (Å²) in [6.07, 6.45) is 1.40. The average Bonchev–Trinajstić information content (AvgIpc) is 2.47. The van der Waals surface area contributed by atoms with Gasteiger partial charge in [-0.1, -0.05) is 5.16 Å². The molecule has 0 bridgehead atoms. The number of ether oxygens (including phenoxy) is 1. The second-order valence-electron chi connectivity index (χ2n) is 4.50. The smallest absolute Gasteiger partial charge is 0.173 e. The molecular formula is C12H18N4O3. The lowest BCUT2D eigenvalue weighted by atomic mass is 10.1. The van der Waals surface area contributed by atoms with E-state index in [2.05, 4.69) is 10.1 Å². The van der Waals surface area contributed by atoms with Crippen LogP contribution in [0.5, 0.6) is 0 Å². The molecule has 1 aromatic heterocycles. The summed E-state index contributed by atoms with van der Waals surface area (Å²) in [7, 11) is 0. The second kappa shape index (κ2) is 5.85. The number of amidine groups is 1. The summed E-state index contributed by atoms with van der Waals surface area (Å²) in [5, 5.41) is 21.1. The van der Waals surface area contributed by atoms with Crippen LogP contribution < -0.4 is 10.6 Å². The van der Waals surface area contributed by atoms with Crippen LogP contribution in [0.2, 0.25) is 0 Å². The van der Waals surface area contributed by atoms with Gasteiger partial charge in [-0.05, 0) is 19.1 Å². The lowest BCUT2D eigenvalue weighted by Gasteiger charge is -2.38. The van der Waals surface area contributed by atoms with E-state index in [1.54, 1.807) is 18.3 Å². The molecule has 0 spiro atoms. The van der Waals surface area contributed by atoms with E-state index in [9.17, 15) is 5.11 Å². The molecule has 1 aliphatic rings. The summed E-state index contributed by atoms with van der Waals surface area (Å²) >= 11 is 0. The fourth-order valence-electron chi connectivity index (χ4n) is 2.10. The van der Waals surface area contributed by atoms with Crippen molar-refractivity contribution in [3.8, 4) is 0 Å². The summed E-state index contributed by atoms with van der Waals surface area (Å²) in [5.74, 6) is 0.648. The number of hydrogen-bond donors (Lipinski definition) is 3. The van der Waals surface area contributed by atoms with Gasteiger partial charge in [-0.15, -0.1) is 0 Å². The molecule has 0 radical (unpaired) electrons. The van der Waals surface area contributed by atoms with Crippen LogP contribution in [-0.2, 0) is 4.74 Å². The number of anilines is 1. The van der Waals surface area contributed by atoms with E-state index in [1.165, 1.54) is 0 Å². The number of pyridine rings is 1. The monoisotopic (exact) mass is 266 g/mol. The molecule has 104 valence electrons. The minimum atomic E-state index is -0.252. The zero-order chi connectivity index (χ0) is 13.8. The molecule has 0 aromatic carbocycles. The van der Waals surface area contributed by atoms with Gasteiger partial charge in [0.25, 0.3) is 0 Å². The van der Waals surface area contributed by atoms with Crippen LogP contribution >= 0.6 is 0 Å². The number of hydrogen-bond acceptors (Lipinski definition) is 6. The number of aromatic nitrogens is 1. The van der Waals surface area contributed by atoms with Crippen molar-refractivity contribution in [2.24, 2.45) is 10.9 Å². The summed E-state index contributed by atoms with van der Waals surface area (Å²) in [4.78, 5) is 6.31. The summed E-state index contributed by atoms with van der Waals surface area (Å²) in [6.45, 7) is 2.96. The van der Waals surface area contributed by atoms with Gasteiger partial charge in [0.05, 0.1) is 30.9 Å². The quantitative estimate of drug-likeness (QED) is 0.302. The van der Waals surface area contributed by atoms with Crippen molar-refractivity contribution in [1.82, 2.24) is 4.98 Å². The molecule has 0 amide bonds. The van der Waals surface area contributed by atoms with Crippen molar-refractivity contribution in [1.29, 1.82) is 0 Å². The van der Waals surface area contributed by atoms with Crippen LogP contribution in [0.4, 0.5) is 5.82 Å². The molecule has 7 heteroatoms. The minimum Gasteiger partial charge on any atom is -0.409 e. The van der Waals surface area contributed by atoms with Crippen molar-refractivity contribution < 1.29 is 15.1 Å². The van der Waals surface area contributed by atoms with E-state index in [-0.39, 0.29) is 24.6 Å². The van der Waals surface area contributed by atoms with Crippen LogP contribution in [0, 0.1) is 0 Å². The van der Waals surface area contributed by atoms with Crippen molar-refractivity contribution in [3.05, 3.63) is 23.9 Å². The van der Waals surface area contributed by atoms with Crippen LogP contribution in [0.3, 0.4) is 0 Å². The Bertz CT molecular complexity index is 466. The largest absolute Gasteiger partial charge is 0.409 e. The Morgan fingerprint density at radius 1 is 1.68 bits per heavy atom. The Balaban J connectivity index is 2.34. The van der Waals surface area contributed by atoms with Crippen molar-refractivity contribution in [3.63, 3.8) is 0 Å². The normalized spacial score (nSPS) is 24.5. The molecule has 0 saturated carbocycles. The van der Waals surface area contributed by atoms with E-state index in [4.69, 9.17) is 15.7 Å². The molecule has 0 aliphatic carbocycles. The first-order valence-corrected chi connectivity index (χ1v) is 6.09.